The maximum atomic E-state index is 11.3. The van der Waals surface area contributed by atoms with Crippen molar-refractivity contribution < 1.29 is 33.4 Å². The predicted octanol–water partition coefficient (Wildman–Crippen LogP) is 0.463. The zero-order chi connectivity index (χ0) is 14.2. The Labute approximate surface area is 105 Å². The van der Waals surface area contributed by atoms with Crippen LogP contribution in [0.3, 0.4) is 0 Å². The van der Waals surface area contributed by atoms with Gasteiger partial charge >= 0.3 is 19.5 Å². The first-order valence-electron chi connectivity index (χ1n) is 5.21. The lowest BCUT2D eigenvalue weighted by atomic mass is 10.1. The summed E-state index contributed by atoms with van der Waals surface area (Å²) >= 11 is 0. The summed E-state index contributed by atoms with van der Waals surface area (Å²) in [6.45, 7) is 3.27. The van der Waals surface area contributed by atoms with Crippen LogP contribution < -0.4 is 0 Å². The lowest BCUT2D eigenvalue weighted by Crippen LogP contribution is -2.21. The molecule has 0 rings (SSSR count). The van der Waals surface area contributed by atoms with Gasteiger partial charge in [0.1, 0.15) is 0 Å². The Bertz CT molecular complexity index is 346. The van der Waals surface area contributed by atoms with E-state index in [2.05, 4.69) is 16.1 Å². The van der Waals surface area contributed by atoms with Gasteiger partial charge in [0.05, 0.1) is 25.8 Å². The third-order valence-corrected chi connectivity index (χ3v) is 3.02. The van der Waals surface area contributed by atoms with E-state index >= 15 is 0 Å². The quantitative estimate of drug-likeness (QED) is 0.287. The van der Waals surface area contributed by atoms with Gasteiger partial charge in [0.2, 0.25) is 0 Å². The summed E-state index contributed by atoms with van der Waals surface area (Å²) in [5.74, 6) is -2.17. The number of esters is 2. The van der Waals surface area contributed by atoms with E-state index < -0.39 is 31.6 Å². The van der Waals surface area contributed by atoms with Crippen molar-refractivity contribution in [2.75, 3.05) is 19.9 Å². The standard InChI is InChI=1S/C10H17O7P/c1-3-9(11)17-6-4-5-8(10(12)16-2)7-18(13,14)15/h3,8H,1,4-7H2,2H3,(H2,13,14,15). The van der Waals surface area contributed by atoms with E-state index in [-0.39, 0.29) is 13.0 Å². The van der Waals surface area contributed by atoms with E-state index in [0.29, 0.717) is 6.42 Å². The van der Waals surface area contributed by atoms with Crippen LogP contribution in [0.1, 0.15) is 12.8 Å². The fourth-order valence-electron chi connectivity index (χ4n) is 1.30. The molecule has 0 saturated heterocycles. The molecule has 0 aromatic heterocycles. The first-order chi connectivity index (χ1) is 8.30. The molecule has 0 heterocycles. The highest BCUT2D eigenvalue weighted by Crippen LogP contribution is 2.38. The van der Waals surface area contributed by atoms with Crippen LogP contribution in [0.15, 0.2) is 12.7 Å². The zero-order valence-corrected chi connectivity index (χ0v) is 11.0. The smallest absolute Gasteiger partial charge is 0.330 e. The molecule has 1 atom stereocenters. The van der Waals surface area contributed by atoms with Gasteiger partial charge in [-0.2, -0.15) is 0 Å². The average Bonchev–Trinajstić information content (AvgIpc) is 2.30. The Morgan fingerprint density at radius 1 is 1.44 bits per heavy atom. The van der Waals surface area contributed by atoms with Crippen molar-refractivity contribution in [3.8, 4) is 0 Å². The van der Waals surface area contributed by atoms with Gasteiger partial charge in [-0.1, -0.05) is 6.58 Å². The molecule has 0 amide bonds. The summed E-state index contributed by atoms with van der Waals surface area (Å²) < 4.78 is 20.0. The number of carbonyl (C=O) groups is 2. The van der Waals surface area contributed by atoms with Crippen LogP contribution in [0, 0.1) is 5.92 Å². The van der Waals surface area contributed by atoms with Crippen molar-refractivity contribution in [3.05, 3.63) is 12.7 Å². The molecule has 8 heteroatoms. The molecule has 0 fully saturated rings. The molecule has 0 aliphatic heterocycles. The van der Waals surface area contributed by atoms with Gasteiger partial charge in [-0.3, -0.25) is 9.36 Å². The Kier molecular flexibility index (Phi) is 7.50. The van der Waals surface area contributed by atoms with Crippen molar-refractivity contribution in [3.63, 3.8) is 0 Å². The maximum absolute atomic E-state index is 11.3. The first kappa shape index (κ1) is 16.8. The minimum atomic E-state index is -4.29. The highest BCUT2D eigenvalue weighted by Gasteiger charge is 2.27. The minimum absolute atomic E-state index is 0.0551. The number of rotatable bonds is 8. The van der Waals surface area contributed by atoms with Crippen LogP contribution in [0.25, 0.3) is 0 Å². The average molecular weight is 280 g/mol. The highest BCUT2D eigenvalue weighted by molar-refractivity contribution is 7.51. The van der Waals surface area contributed by atoms with Crippen LogP contribution in [0.4, 0.5) is 0 Å². The van der Waals surface area contributed by atoms with E-state index in [1.165, 1.54) is 0 Å². The van der Waals surface area contributed by atoms with Gasteiger partial charge in [0, 0.05) is 6.08 Å². The van der Waals surface area contributed by atoms with Crippen molar-refractivity contribution in [2.45, 2.75) is 12.8 Å². The van der Waals surface area contributed by atoms with Crippen LogP contribution in [-0.2, 0) is 23.6 Å². The number of hydrogen-bond donors (Lipinski definition) is 2. The van der Waals surface area contributed by atoms with E-state index in [9.17, 15) is 14.2 Å². The molecule has 0 aromatic rings. The summed E-state index contributed by atoms with van der Waals surface area (Å²) in [6.07, 6.45) is 0.907. The third kappa shape index (κ3) is 8.00. The predicted molar refractivity (Wildman–Crippen MR) is 62.8 cm³/mol. The second kappa shape index (κ2) is 8.02. The molecule has 104 valence electrons. The fraction of sp³-hybridized carbons (Fsp3) is 0.600. The molecule has 0 aromatic carbocycles. The molecular weight excluding hydrogens is 263 g/mol. The van der Waals surface area contributed by atoms with Crippen molar-refractivity contribution in [1.29, 1.82) is 0 Å². The van der Waals surface area contributed by atoms with Crippen LogP contribution in [0.5, 0.6) is 0 Å². The number of methoxy groups -OCH3 is 1. The van der Waals surface area contributed by atoms with Crippen molar-refractivity contribution >= 4 is 19.5 Å². The van der Waals surface area contributed by atoms with Gasteiger partial charge in [0.15, 0.2) is 0 Å². The Hall–Kier alpha value is -1.17. The van der Waals surface area contributed by atoms with Gasteiger partial charge in [-0.25, -0.2) is 4.79 Å². The lowest BCUT2D eigenvalue weighted by Gasteiger charge is -2.15. The van der Waals surface area contributed by atoms with Gasteiger partial charge in [-0.05, 0) is 12.8 Å². The molecule has 18 heavy (non-hydrogen) atoms. The molecule has 0 aliphatic rings. The summed E-state index contributed by atoms with van der Waals surface area (Å²) in [5, 5.41) is 0. The largest absolute Gasteiger partial charge is 0.469 e. The molecule has 7 nitrogen and oxygen atoms in total. The maximum Gasteiger partial charge on any atom is 0.330 e. The molecule has 0 radical (unpaired) electrons. The van der Waals surface area contributed by atoms with Crippen LogP contribution in [0.2, 0.25) is 0 Å². The zero-order valence-electron chi connectivity index (χ0n) is 10.1. The van der Waals surface area contributed by atoms with Gasteiger partial charge in [-0.15, -0.1) is 0 Å². The summed E-state index contributed by atoms with van der Waals surface area (Å²) in [4.78, 5) is 39.6. The molecule has 2 N–H and O–H groups in total. The highest BCUT2D eigenvalue weighted by atomic mass is 31.2. The minimum Gasteiger partial charge on any atom is -0.469 e. The molecular formula is C10H17O7P. The summed E-state index contributed by atoms with van der Waals surface area (Å²) in [6, 6.07) is 0. The lowest BCUT2D eigenvalue weighted by molar-refractivity contribution is -0.145. The number of carbonyl (C=O) groups excluding carboxylic acids is 2. The topological polar surface area (TPSA) is 110 Å². The van der Waals surface area contributed by atoms with E-state index in [4.69, 9.17) is 9.79 Å². The van der Waals surface area contributed by atoms with Crippen LogP contribution in [-0.4, -0.2) is 41.6 Å². The Morgan fingerprint density at radius 3 is 2.50 bits per heavy atom. The van der Waals surface area contributed by atoms with E-state index in [0.717, 1.165) is 13.2 Å². The summed E-state index contributed by atoms with van der Waals surface area (Å²) in [7, 11) is -3.14. The molecule has 0 bridgehead atoms. The SMILES string of the molecule is C=CC(=O)OCCCC(CP(=O)(O)O)C(=O)OC. The molecule has 0 spiro atoms. The molecule has 0 saturated carbocycles. The third-order valence-electron chi connectivity index (χ3n) is 2.10. The second-order valence-corrected chi connectivity index (χ2v) is 5.28. The van der Waals surface area contributed by atoms with Crippen molar-refractivity contribution in [2.24, 2.45) is 5.92 Å². The summed E-state index contributed by atoms with van der Waals surface area (Å²) in [5.41, 5.74) is 0. The monoisotopic (exact) mass is 280 g/mol. The Morgan fingerprint density at radius 2 is 2.06 bits per heavy atom. The number of ether oxygens (including phenoxy) is 2. The van der Waals surface area contributed by atoms with Gasteiger partial charge < -0.3 is 19.3 Å². The van der Waals surface area contributed by atoms with Crippen molar-refractivity contribution in [1.82, 2.24) is 0 Å². The second-order valence-electron chi connectivity index (χ2n) is 3.58. The van der Waals surface area contributed by atoms with Gasteiger partial charge in [0.25, 0.3) is 0 Å². The normalized spacial score (nSPS) is 12.6. The van der Waals surface area contributed by atoms with E-state index in [1.54, 1.807) is 0 Å². The fourth-order valence-corrected chi connectivity index (χ4v) is 2.20. The Balaban J connectivity index is 4.18. The first-order valence-corrected chi connectivity index (χ1v) is 7.01. The van der Waals surface area contributed by atoms with Crippen LogP contribution >= 0.6 is 7.60 Å². The molecule has 1 unspecified atom stereocenters. The number of hydrogen-bond acceptors (Lipinski definition) is 5. The molecule has 0 aliphatic carbocycles. The van der Waals surface area contributed by atoms with E-state index in [1.807, 2.05) is 0 Å².